The quantitative estimate of drug-likeness (QED) is 0.304. The molecule has 0 aromatic carbocycles. The van der Waals surface area contributed by atoms with Gasteiger partial charge in [0.2, 0.25) is 5.91 Å². The van der Waals surface area contributed by atoms with Crippen molar-refractivity contribution in [3.8, 4) is 0 Å². The number of amides is 1. The molecule has 1 unspecified atom stereocenters. The molecule has 0 bridgehead atoms. The molecule has 2 heterocycles. The van der Waals surface area contributed by atoms with Gasteiger partial charge in [-0.25, -0.2) is 4.99 Å². The molecule has 0 spiro atoms. The highest BCUT2D eigenvalue weighted by molar-refractivity contribution is 14.0. The Morgan fingerprint density at radius 2 is 1.96 bits per heavy atom. The second kappa shape index (κ2) is 12.5. The number of aliphatic imine (C=N–C) groups is 1. The summed E-state index contributed by atoms with van der Waals surface area (Å²) < 4.78 is 0. The fraction of sp³-hybridized carbons (Fsp3) is 0.647. The molecule has 1 aromatic rings. The van der Waals surface area contributed by atoms with Crippen LogP contribution in [0.5, 0.6) is 0 Å². The number of rotatable bonds is 8. The van der Waals surface area contributed by atoms with Crippen LogP contribution < -0.4 is 16.0 Å². The first-order chi connectivity index (χ1) is 11.7. The summed E-state index contributed by atoms with van der Waals surface area (Å²) in [6.45, 7) is 8.58. The molecular formula is C17H30IN5OS. The van der Waals surface area contributed by atoms with Crippen LogP contribution in [0, 0.1) is 0 Å². The number of carbonyl (C=O) groups is 1. The zero-order valence-electron chi connectivity index (χ0n) is 15.1. The van der Waals surface area contributed by atoms with Crippen LogP contribution >= 0.6 is 35.3 Å². The number of guanidine groups is 1. The minimum absolute atomic E-state index is 0. The standard InChI is InChI=1S/C17H29N5OS.HI/c1-3-18-16(23)13-21-17(19-4-2)20-12-14(15-8-7-11-24-15)22-9-5-6-10-22;/h7-8,11,14H,3-6,9-10,12-13H2,1-2H3,(H,18,23)(H2,19,20,21);1H. The Bertz CT molecular complexity index is 517. The van der Waals surface area contributed by atoms with E-state index in [-0.39, 0.29) is 36.4 Å². The van der Waals surface area contributed by atoms with E-state index in [2.05, 4.69) is 43.4 Å². The molecule has 0 radical (unpaired) electrons. The molecular weight excluding hydrogens is 449 g/mol. The zero-order chi connectivity index (χ0) is 17.2. The smallest absolute Gasteiger partial charge is 0.241 e. The highest BCUT2D eigenvalue weighted by Gasteiger charge is 2.24. The van der Waals surface area contributed by atoms with Crippen molar-refractivity contribution in [2.24, 2.45) is 4.99 Å². The van der Waals surface area contributed by atoms with Gasteiger partial charge >= 0.3 is 0 Å². The first-order valence-electron chi connectivity index (χ1n) is 8.81. The summed E-state index contributed by atoms with van der Waals surface area (Å²) in [7, 11) is 0. The van der Waals surface area contributed by atoms with E-state index in [4.69, 9.17) is 0 Å². The average Bonchev–Trinajstić information content (AvgIpc) is 3.27. The van der Waals surface area contributed by atoms with E-state index >= 15 is 0 Å². The summed E-state index contributed by atoms with van der Waals surface area (Å²) >= 11 is 1.80. The molecule has 1 saturated heterocycles. The minimum atomic E-state index is -0.0518. The number of thiophene rings is 1. The molecule has 8 heteroatoms. The second-order valence-corrected chi connectivity index (χ2v) is 6.78. The van der Waals surface area contributed by atoms with Crippen LogP contribution in [0.4, 0.5) is 0 Å². The molecule has 0 saturated carbocycles. The fourth-order valence-electron chi connectivity index (χ4n) is 2.88. The third-order valence-corrected chi connectivity index (χ3v) is 4.99. The lowest BCUT2D eigenvalue weighted by molar-refractivity contribution is -0.119. The third-order valence-electron chi connectivity index (χ3n) is 4.01. The van der Waals surface area contributed by atoms with Crippen LogP contribution in [0.25, 0.3) is 0 Å². The normalized spacial score (nSPS) is 16.2. The van der Waals surface area contributed by atoms with Crippen LogP contribution in [0.3, 0.4) is 0 Å². The van der Waals surface area contributed by atoms with Gasteiger partial charge in [-0.2, -0.15) is 0 Å². The number of likely N-dealkylation sites (N-methyl/N-ethyl adjacent to an activating group) is 1. The van der Waals surface area contributed by atoms with E-state index < -0.39 is 0 Å². The van der Waals surface area contributed by atoms with E-state index in [1.54, 1.807) is 11.3 Å². The van der Waals surface area contributed by atoms with Gasteiger partial charge in [0.15, 0.2) is 5.96 Å². The largest absolute Gasteiger partial charge is 0.357 e. The highest BCUT2D eigenvalue weighted by atomic mass is 127. The van der Waals surface area contributed by atoms with Crippen molar-refractivity contribution in [2.45, 2.75) is 32.7 Å². The number of likely N-dealkylation sites (tertiary alicyclic amines) is 1. The SMILES string of the molecule is CCNC(=O)CN=C(NCC)NCC(c1cccs1)N1CCCC1.I. The second-order valence-electron chi connectivity index (χ2n) is 5.80. The average molecular weight is 479 g/mol. The van der Waals surface area contributed by atoms with E-state index in [1.807, 2.05) is 13.8 Å². The maximum absolute atomic E-state index is 11.6. The lowest BCUT2D eigenvalue weighted by atomic mass is 10.2. The van der Waals surface area contributed by atoms with Crippen LogP contribution in [-0.2, 0) is 4.79 Å². The summed E-state index contributed by atoms with van der Waals surface area (Å²) in [6, 6.07) is 4.67. The van der Waals surface area contributed by atoms with Crippen LogP contribution in [-0.4, -0.2) is 56.0 Å². The van der Waals surface area contributed by atoms with Gasteiger partial charge in [-0.3, -0.25) is 9.69 Å². The van der Waals surface area contributed by atoms with E-state index in [9.17, 15) is 4.79 Å². The van der Waals surface area contributed by atoms with Gasteiger partial charge in [-0.1, -0.05) is 6.07 Å². The number of nitrogens with zero attached hydrogens (tertiary/aromatic N) is 2. The number of halogens is 1. The topological polar surface area (TPSA) is 68.8 Å². The van der Waals surface area contributed by atoms with E-state index in [0.717, 1.165) is 26.2 Å². The van der Waals surface area contributed by atoms with Gasteiger partial charge in [0.25, 0.3) is 0 Å². The zero-order valence-corrected chi connectivity index (χ0v) is 18.2. The van der Waals surface area contributed by atoms with Gasteiger partial charge < -0.3 is 16.0 Å². The molecule has 25 heavy (non-hydrogen) atoms. The van der Waals surface area contributed by atoms with Crippen molar-refractivity contribution in [1.82, 2.24) is 20.9 Å². The fourth-order valence-corrected chi connectivity index (χ4v) is 3.74. The maximum atomic E-state index is 11.6. The van der Waals surface area contributed by atoms with Gasteiger partial charge in [0.05, 0.1) is 6.04 Å². The van der Waals surface area contributed by atoms with E-state index in [0.29, 0.717) is 18.5 Å². The maximum Gasteiger partial charge on any atom is 0.241 e. The molecule has 2 rings (SSSR count). The summed E-state index contributed by atoms with van der Waals surface area (Å²) in [5.41, 5.74) is 0. The summed E-state index contributed by atoms with van der Waals surface area (Å²) in [6.07, 6.45) is 2.54. The first kappa shape index (κ1) is 22.2. The van der Waals surface area contributed by atoms with Crippen molar-refractivity contribution < 1.29 is 4.79 Å². The van der Waals surface area contributed by atoms with Crippen LogP contribution in [0.15, 0.2) is 22.5 Å². The predicted octanol–water partition coefficient (Wildman–Crippen LogP) is 2.19. The monoisotopic (exact) mass is 479 g/mol. The Kier molecular flexibility index (Phi) is 11.1. The number of hydrogen-bond donors (Lipinski definition) is 3. The van der Waals surface area contributed by atoms with Crippen LogP contribution in [0.1, 0.15) is 37.6 Å². The Morgan fingerprint density at radius 3 is 2.56 bits per heavy atom. The van der Waals surface area contributed by atoms with Gasteiger partial charge in [-0.15, -0.1) is 35.3 Å². The molecule has 0 aliphatic carbocycles. The summed E-state index contributed by atoms with van der Waals surface area (Å²) in [5.74, 6) is 0.647. The summed E-state index contributed by atoms with van der Waals surface area (Å²) in [4.78, 5) is 19.9. The van der Waals surface area contributed by atoms with Crippen molar-refractivity contribution in [2.75, 3.05) is 39.3 Å². The Labute approximate surface area is 171 Å². The van der Waals surface area contributed by atoms with Gasteiger partial charge in [0, 0.05) is 24.5 Å². The molecule has 1 aromatic heterocycles. The molecule has 1 aliphatic heterocycles. The Morgan fingerprint density at radius 1 is 1.24 bits per heavy atom. The number of hydrogen-bond acceptors (Lipinski definition) is 4. The first-order valence-corrected chi connectivity index (χ1v) is 9.68. The molecule has 1 amide bonds. The molecule has 1 fully saturated rings. The van der Waals surface area contributed by atoms with Gasteiger partial charge in [0.1, 0.15) is 6.54 Å². The van der Waals surface area contributed by atoms with Gasteiger partial charge in [-0.05, 0) is 51.2 Å². The lowest BCUT2D eigenvalue weighted by Gasteiger charge is -2.27. The molecule has 1 atom stereocenters. The van der Waals surface area contributed by atoms with Crippen molar-refractivity contribution >= 4 is 47.2 Å². The predicted molar refractivity (Wildman–Crippen MR) is 116 cm³/mol. The lowest BCUT2D eigenvalue weighted by Crippen LogP contribution is -2.43. The molecule has 6 nitrogen and oxygen atoms in total. The summed E-state index contributed by atoms with van der Waals surface area (Å²) in [5, 5.41) is 11.5. The third kappa shape index (κ3) is 7.49. The van der Waals surface area contributed by atoms with Crippen molar-refractivity contribution in [3.05, 3.63) is 22.4 Å². The molecule has 142 valence electrons. The van der Waals surface area contributed by atoms with Crippen LogP contribution in [0.2, 0.25) is 0 Å². The van der Waals surface area contributed by atoms with E-state index in [1.165, 1.54) is 17.7 Å². The molecule has 1 aliphatic rings. The highest BCUT2D eigenvalue weighted by Crippen LogP contribution is 2.27. The number of nitrogens with one attached hydrogen (secondary N) is 3. The van der Waals surface area contributed by atoms with Crippen molar-refractivity contribution in [3.63, 3.8) is 0 Å². The minimum Gasteiger partial charge on any atom is -0.357 e. The van der Waals surface area contributed by atoms with Crippen molar-refractivity contribution in [1.29, 1.82) is 0 Å². The Balaban J connectivity index is 0.00000312. The Hall–Kier alpha value is -0.870. The molecule has 3 N–H and O–H groups in total. The number of carbonyl (C=O) groups excluding carboxylic acids is 1.